The lowest BCUT2D eigenvalue weighted by molar-refractivity contribution is 0.0453. The van der Waals surface area contributed by atoms with Crippen LogP contribution in [-0.2, 0) is 28.4 Å². The average Bonchev–Trinajstić information content (AvgIpc) is 3.01. The Morgan fingerprint density at radius 2 is 2.17 bits per heavy atom. The van der Waals surface area contributed by atoms with Gasteiger partial charge in [0.2, 0.25) is 10.0 Å². The maximum atomic E-state index is 12.6. The molecular weight excluding hydrogens is 316 g/mol. The van der Waals surface area contributed by atoms with Crippen molar-refractivity contribution in [3.63, 3.8) is 0 Å². The number of likely N-dealkylation sites (tertiary alicyclic amines) is 1. The van der Waals surface area contributed by atoms with Gasteiger partial charge in [0.15, 0.2) is 0 Å². The summed E-state index contributed by atoms with van der Waals surface area (Å²) in [6.07, 6.45) is 3.66. The molecular formula is C15H26N4O3S. The van der Waals surface area contributed by atoms with E-state index in [1.54, 1.807) is 10.5 Å². The summed E-state index contributed by atoms with van der Waals surface area (Å²) in [4.78, 5) is 6.60. The van der Waals surface area contributed by atoms with Crippen molar-refractivity contribution in [2.75, 3.05) is 32.0 Å². The molecule has 2 atom stereocenters. The minimum Gasteiger partial charge on any atom is -0.374 e. The number of ether oxygens (including phenoxy) is 1. The van der Waals surface area contributed by atoms with E-state index < -0.39 is 10.0 Å². The normalized spacial score (nSPS) is 28.9. The first-order chi connectivity index (χ1) is 10.9. The molecule has 23 heavy (non-hydrogen) atoms. The molecule has 1 aromatic rings. The van der Waals surface area contributed by atoms with Crippen LogP contribution in [0, 0.1) is 5.92 Å². The van der Waals surface area contributed by atoms with E-state index in [1.807, 2.05) is 17.8 Å². The van der Waals surface area contributed by atoms with Gasteiger partial charge in [0.25, 0.3) is 0 Å². The van der Waals surface area contributed by atoms with Crippen LogP contribution in [0.5, 0.6) is 0 Å². The molecule has 2 aliphatic rings. The van der Waals surface area contributed by atoms with E-state index in [1.165, 1.54) is 0 Å². The number of sulfonamides is 1. The molecule has 3 heterocycles. The van der Waals surface area contributed by atoms with Crippen molar-refractivity contribution >= 4 is 10.0 Å². The molecule has 0 unspecified atom stereocenters. The van der Waals surface area contributed by atoms with Gasteiger partial charge in [-0.25, -0.2) is 13.4 Å². The summed E-state index contributed by atoms with van der Waals surface area (Å²) in [7, 11) is -1.27. The molecule has 0 N–H and O–H groups in total. The SMILES string of the molecule is CC(C)CN1[C@@H]2CN(Cc3nccn3C)C[C@@H]2OCCS1(=O)=O. The molecule has 2 fully saturated rings. The molecule has 2 saturated heterocycles. The van der Waals surface area contributed by atoms with Gasteiger partial charge in [-0.15, -0.1) is 0 Å². The maximum Gasteiger partial charge on any atom is 0.216 e. The third-order valence-corrected chi connectivity index (χ3v) is 6.36. The molecule has 0 spiro atoms. The molecule has 0 saturated carbocycles. The second kappa shape index (κ2) is 6.51. The number of rotatable bonds is 4. The molecule has 2 aliphatic heterocycles. The molecule has 130 valence electrons. The molecule has 0 aliphatic carbocycles. The van der Waals surface area contributed by atoms with E-state index in [0.29, 0.717) is 19.0 Å². The lowest BCUT2D eigenvalue weighted by Gasteiger charge is -2.29. The molecule has 1 aromatic heterocycles. The number of aromatic nitrogens is 2. The molecule has 0 radical (unpaired) electrons. The van der Waals surface area contributed by atoms with E-state index in [4.69, 9.17) is 4.74 Å². The van der Waals surface area contributed by atoms with Crippen LogP contribution in [-0.4, -0.2) is 71.3 Å². The minimum absolute atomic E-state index is 0.0497. The number of aryl methyl sites for hydroxylation is 1. The highest BCUT2D eigenvalue weighted by molar-refractivity contribution is 7.89. The lowest BCUT2D eigenvalue weighted by Crippen LogP contribution is -2.47. The van der Waals surface area contributed by atoms with Crippen molar-refractivity contribution in [2.24, 2.45) is 13.0 Å². The quantitative estimate of drug-likeness (QED) is 0.787. The van der Waals surface area contributed by atoms with Gasteiger partial charge in [0.1, 0.15) is 5.82 Å². The summed E-state index contributed by atoms with van der Waals surface area (Å²) in [5.74, 6) is 1.37. The zero-order chi connectivity index (χ0) is 16.6. The predicted molar refractivity (Wildman–Crippen MR) is 87.3 cm³/mol. The topological polar surface area (TPSA) is 67.7 Å². The number of hydrogen-bond acceptors (Lipinski definition) is 5. The highest BCUT2D eigenvalue weighted by atomic mass is 32.2. The zero-order valence-electron chi connectivity index (χ0n) is 14.1. The fraction of sp³-hybridized carbons (Fsp3) is 0.800. The Balaban J connectivity index is 1.77. The van der Waals surface area contributed by atoms with Gasteiger partial charge in [-0.3, -0.25) is 4.90 Å². The molecule has 0 bridgehead atoms. The van der Waals surface area contributed by atoms with Crippen molar-refractivity contribution in [2.45, 2.75) is 32.5 Å². The van der Waals surface area contributed by atoms with Crippen LogP contribution in [0.25, 0.3) is 0 Å². The predicted octanol–water partition coefficient (Wildman–Crippen LogP) is 0.291. The van der Waals surface area contributed by atoms with Crippen LogP contribution in [0.4, 0.5) is 0 Å². The summed E-state index contributed by atoms with van der Waals surface area (Å²) in [5, 5.41) is 0. The smallest absolute Gasteiger partial charge is 0.216 e. The first-order valence-corrected chi connectivity index (χ1v) is 9.77. The Hall–Kier alpha value is -0.960. The minimum atomic E-state index is -3.24. The fourth-order valence-corrected chi connectivity index (χ4v) is 5.07. The van der Waals surface area contributed by atoms with E-state index >= 15 is 0 Å². The van der Waals surface area contributed by atoms with Gasteiger partial charge in [-0.05, 0) is 5.92 Å². The van der Waals surface area contributed by atoms with Crippen LogP contribution < -0.4 is 0 Å². The lowest BCUT2D eigenvalue weighted by atomic mass is 10.1. The highest BCUT2D eigenvalue weighted by Crippen LogP contribution is 2.26. The third kappa shape index (κ3) is 3.60. The summed E-state index contributed by atoms with van der Waals surface area (Å²) < 4.78 is 34.7. The van der Waals surface area contributed by atoms with Crippen molar-refractivity contribution < 1.29 is 13.2 Å². The third-order valence-electron chi connectivity index (χ3n) is 4.54. The summed E-state index contributed by atoms with van der Waals surface area (Å²) in [5.41, 5.74) is 0. The second-order valence-corrected chi connectivity index (χ2v) is 8.95. The molecule has 7 nitrogen and oxygen atoms in total. The Kier molecular flexibility index (Phi) is 4.78. The van der Waals surface area contributed by atoms with Gasteiger partial charge in [0, 0.05) is 39.1 Å². The Labute approximate surface area is 138 Å². The first kappa shape index (κ1) is 16.9. The van der Waals surface area contributed by atoms with Gasteiger partial charge < -0.3 is 9.30 Å². The van der Waals surface area contributed by atoms with Gasteiger partial charge in [0.05, 0.1) is 31.1 Å². The van der Waals surface area contributed by atoms with E-state index in [-0.39, 0.29) is 24.5 Å². The summed E-state index contributed by atoms with van der Waals surface area (Å²) in [6, 6.07) is -0.0924. The number of nitrogens with zero attached hydrogens (tertiary/aromatic N) is 4. The second-order valence-electron chi connectivity index (χ2n) is 6.90. The van der Waals surface area contributed by atoms with Crippen LogP contribution in [0.15, 0.2) is 12.4 Å². The summed E-state index contributed by atoms with van der Waals surface area (Å²) in [6.45, 7) is 7.12. The van der Waals surface area contributed by atoms with E-state index in [2.05, 4.69) is 23.7 Å². The van der Waals surface area contributed by atoms with Crippen molar-refractivity contribution in [3.05, 3.63) is 18.2 Å². The van der Waals surface area contributed by atoms with Crippen molar-refractivity contribution in [1.82, 2.24) is 18.8 Å². The monoisotopic (exact) mass is 342 g/mol. The fourth-order valence-electron chi connectivity index (χ4n) is 3.39. The van der Waals surface area contributed by atoms with Crippen LogP contribution >= 0.6 is 0 Å². The largest absolute Gasteiger partial charge is 0.374 e. The average molecular weight is 342 g/mol. The standard InChI is InChI=1S/C15H26N4O3S/c1-12(2)8-19-13-9-18(11-15-16-4-5-17(15)3)10-14(13)22-6-7-23(19,20)21/h4-5,12-14H,6-11H2,1-3H3/t13-,14+/m1/s1. The van der Waals surface area contributed by atoms with E-state index in [9.17, 15) is 8.42 Å². The Morgan fingerprint density at radius 3 is 2.83 bits per heavy atom. The first-order valence-electron chi connectivity index (χ1n) is 8.16. The molecule has 0 aromatic carbocycles. The maximum absolute atomic E-state index is 12.6. The zero-order valence-corrected chi connectivity index (χ0v) is 14.9. The number of hydrogen-bond donors (Lipinski definition) is 0. The van der Waals surface area contributed by atoms with Gasteiger partial charge >= 0.3 is 0 Å². The Bertz CT molecular complexity index is 643. The van der Waals surface area contributed by atoms with Crippen LogP contribution in [0.1, 0.15) is 19.7 Å². The Morgan fingerprint density at radius 1 is 1.39 bits per heavy atom. The van der Waals surface area contributed by atoms with Gasteiger partial charge in [-0.1, -0.05) is 13.8 Å². The number of imidazole rings is 1. The molecule has 3 rings (SSSR count). The van der Waals surface area contributed by atoms with Crippen LogP contribution in [0.3, 0.4) is 0 Å². The summed E-state index contributed by atoms with van der Waals surface area (Å²) >= 11 is 0. The molecule has 0 amide bonds. The van der Waals surface area contributed by atoms with E-state index in [0.717, 1.165) is 18.9 Å². The highest BCUT2D eigenvalue weighted by Gasteiger charge is 2.44. The molecule has 8 heteroatoms. The van der Waals surface area contributed by atoms with Crippen molar-refractivity contribution in [3.8, 4) is 0 Å². The number of fused-ring (bicyclic) bond motifs is 1. The van der Waals surface area contributed by atoms with Crippen molar-refractivity contribution in [1.29, 1.82) is 0 Å². The van der Waals surface area contributed by atoms with Gasteiger partial charge in [-0.2, -0.15) is 4.31 Å². The van der Waals surface area contributed by atoms with Crippen LogP contribution in [0.2, 0.25) is 0 Å².